The van der Waals surface area contributed by atoms with Gasteiger partial charge in [-0.3, -0.25) is 0 Å². The van der Waals surface area contributed by atoms with Crippen LogP contribution in [0.2, 0.25) is 5.15 Å². The van der Waals surface area contributed by atoms with Crippen LogP contribution in [0.5, 0.6) is 5.75 Å². The van der Waals surface area contributed by atoms with Crippen LogP contribution in [0, 0.1) is 5.92 Å². The minimum Gasteiger partial charge on any atom is -0.493 e. The van der Waals surface area contributed by atoms with E-state index in [1.54, 1.807) is 18.2 Å². The first-order valence-corrected chi connectivity index (χ1v) is 13.7. The number of benzene rings is 2. The SMILES string of the molecule is CS(=O)(=O)c1ccc(-c2ccc(OCC3CCN(c4cc(Cl)ncn4)CC3)cc2)cc1.O=C(O)C(F)(F)F. The number of anilines is 1. The Kier molecular flexibility index (Phi) is 9.55. The number of hydrogen-bond acceptors (Lipinski definition) is 7. The van der Waals surface area contributed by atoms with E-state index >= 15 is 0 Å². The van der Waals surface area contributed by atoms with Gasteiger partial charge in [0, 0.05) is 25.4 Å². The molecular formula is C25H25ClF3N3O5S. The van der Waals surface area contributed by atoms with Gasteiger partial charge in [-0.25, -0.2) is 23.2 Å². The van der Waals surface area contributed by atoms with Crippen molar-refractivity contribution in [3.05, 3.63) is 66.1 Å². The smallest absolute Gasteiger partial charge is 0.490 e. The lowest BCUT2D eigenvalue weighted by atomic mass is 9.98. The van der Waals surface area contributed by atoms with Crippen LogP contribution in [-0.2, 0) is 14.6 Å². The summed E-state index contributed by atoms with van der Waals surface area (Å²) in [7, 11) is -3.18. The van der Waals surface area contributed by atoms with E-state index in [4.69, 9.17) is 26.2 Å². The maximum atomic E-state index is 11.6. The van der Waals surface area contributed by atoms with Gasteiger partial charge in [0.15, 0.2) is 9.84 Å². The topological polar surface area (TPSA) is 110 Å². The highest BCUT2D eigenvalue weighted by atomic mass is 35.5. The second-order valence-electron chi connectivity index (χ2n) is 8.56. The van der Waals surface area contributed by atoms with E-state index in [9.17, 15) is 21.6 Å². The normalized spacial score (nSPS) is 14.4. The van der Waals surface area contributed by atoms with Gasteiger partial charge >= 0.3 is 12.1 Å². The Morgan fingerprint density at radius 2 is 1.58 bits per heavy atom. The van der Waals surface area contributed by atoms with Crippen LogP contribution in [0.15, 0.2) is 65.8 Å². The molecule has 0 atom stereocenters. The fraction of sp³-hybridized carbons (Fsp3) is 0.320. The van der Waals surface area contributed by atoms with Gasteiger partial charge in [-0.15, -0.1) is 0 Å². The van der Waals surface area contributed by atoms with Gasteiger partial charge < -0.3 is 14.7 Å². The van der Waals surface area contributed by atoms with Gasteiger partial charge in [-0.05, 0) is 54.2 Å². The summed E-state index contributed by atoms with van der Waals surface area (Å²) in [6.07, 6.45) is -0.307. The first kappa shape index (κ1) is 29.2. The highest BCUT2D eigenvalue weighted by Gasteiger charge is 2.38. The summed E-state index contributed by atoms with van der Waals surface area (Å²) in [6.45, 7) is 2.52. The van der Waals surface area contributed by atoms with Gasteiger partial charge in [0.1, 0.15) is 23.0 Å². The van der Waals surface area contributed by atoms with Crippen LogP contribution in [0.25, 0.3) is 11.1 Å². The summed E-state index contributed by atoms with van der Waals surface area (Å²) in [5.74, 6) is -0.551. The van der Waals surface area contributed by atoms with Gasteiger partial charge in [0.25, 0.3) is 0 Å². The molecule has 0 spiro atoms. The molecule has 2 aromatic carbocycles. The Bertz CT molecular complexity index is 1330. The molecule has 2 heterocycles. The van der Waals surface area contributed by atoms with E-state index in [1.807, 2.05) is 36.4 Å². The summed E-state index contributed by atoms with van der Waals surface area (Å²) in [4.78, 5) is 19.7. The lowest BCUT2D eigenvalue weighted by Crippen LogP contribution is -2.36. The van der Waals surface area contributed by atoms with Crippen molar-refractivity contribution in [2.45, 2.75) is 23.9 Å². The van der Waals surface area contributed by atoms with Gasteiger partial charge in [0.05, 0.1) is 11.5 Å². The van der Waals surface area contributed by atoms with Crippen molar-refractivity contribution in [3.63, 3.8) is 0 Å². The number of hydrogen-bond donors (Lipinski definition) is 1. The van der Waals surface area contributed by atoms with Crippen molar-refractivity contribution in [1.82, 2.24) is 9.97 Å². The molecule has 0 unspecified atom stereocenters. The van der Waals surface area contributed by atoms with Gasteiger partial charge in [-0.2, -0.15) is 13.2 Å². The molecule has 0 amide bonds. The Labute approximate surface area is 223 Å². The first-order chi connectivity index (χ1) is 17.8. The number of nitrogens with zero attached hydrogens (tertiary/aromatic N) is 3. The fourth-order valence-electron chi connectivity index (χ4n) is 3.68. The summed E-state index contributed by atoms with van der Waals surface area (Å²) in [6, 6.07) is 16.6. The van der Waals surface area contributed by atoms with Crippen molar-refractivity contribution in [3.8, 4) is 16.9 Å². The second-order valence-corrected chi connectivity index (χ2v) is 11.0. The number of aliphatic carboxylic acids is 1. The predicted octanol–water partition coefficient (Wildman–Crippen LogP) is 5.13. The van der Waals surface area contributed by atoms with E-state index in [0.717, 1.165) is 48.6 Å². The molecule has 0 aliphatic carbocycles. The Morgan fingerprint density at radius 3 is 2.05 bits per heavy atom. The molecule has 1 aliphatic rings. The monoisotopic (exact) mass is 571 g/mol. The molecule has 38 heavy (non-hydrogen) atoms. The largest absolute Gasteiger partial charge is 0.493 e. The summed E-state index contributed by atoms with van der Waals surface area (Å²) in [5.41, 5.74) is 1.99. The standard InChI is InChI=1S/C23H24ClN3O3S.C2HF3O2/c1-31(28,29)21-8-4-19(5-9-21)18-2-6-20(7-3-18)30-15-17-10-12-27(13-11-17)23-14-22(24)25-16-26-23;3-2(4,5)1(6)7/h2-9,14,16-17H,10-13,15H2,1H3;(H,6,7). The number of ether oxygens (including phenoxy) is 1. The minimum absolute atomic E-state index is 0.324. The number of carboxylic acid groups (broad SMARTS) is 1. The third kappa shape index (κ3) is 8.59. The number of aromatic nitrogens is 2. The zero-order valence-electron chi connectivity index (χ0n) is 20.2. The highest BCUT2D eigenvalue weighted by molar-refractivity contribution is 7.90. The molecule has 1 fully saturated rings. The lowest BCUT2D eigenvalue weighted by Gasteiger charge is -2.32. The summed E-state index contributed by atoms with van der Waals surface area (Å²) < 4.78 is 61.0. The van der Waals surface area contributed by atoms with Crippen LogP contribution < -0.4 is 9.64 Å². The van der Waals surface area contributed by atoms with E-state index in [0.29, 0.717) is 22.6 Å². The second kappa shape index (κ2) is 12.4. The lowest BCUT2D eigenvalue weighted by molar-refractivity contribution is -0.192. The fourth-order valence-corrected chi connectivity index (χ4v) is 4.45. The summed E-state index contributed by atoms with van der Waals surface area (Å²) in [5, 5.41) is 7.59. The maximum Gasteiger partial charge on any atom is 0.490 e. The summed E-state index contributed by atoms with van der Waals surface area (Å²) >= 11 is 5.96. The number of sulfone groups is 1. The van der Waals surface area contributed by atoms with Crippen molar-refractivity contribution in [2.24, 2.45) is 5.92 Å². The number of carbonyl (C=O) groups is 1. The molecule has 1 aromatic heterocycles. The number of rotatable bonds is 6. The predicted molar refractivity (Wildman–Crippen MR) is 136 cm³/mol. The first-order valence-electron chi connectivity index (χ1n) is 11.4. The van der Waals surface area contributed by atoms with Crippen LogP contribution >= 0.6 is 11.6 Å². The van der Waals surface area contributed by atoms with E-state index in [-0.39, 0.29) is 0 Å². The van der Waals surface area contributed by atoms with Crippen LogP contribution in [0.3, 0.4) is 0 Å². The molecular weight excluding hydrogens is 547 g/mol. The molecule has 13 heteroatoms. The molecule has 1 N–H and O–H groups in total. The third-order valence-electron chi connectivity index (χ3n) is 5.76. The van der Waals surface area contributed by atoms with Crippen molar-refractivity contribution in [1.29, 1.82) is 0 Å². The minimum atomic E-state index is -5.08. The average Bonchev–Trinajstić information content (AvgIpc) is 2.87. The highest BCUT2D eigenvalue weighted by Crippen LogP contribution is 2.26. The molecule has 0 saturated carbocycles. The van der Waals surface area contributed by atoms with Crippen molar-refractivity contribution >= 4 is 33.2 Å². The third-order valence-corrected chi connectivity index (χ3v) is 7.09. The quantitative estimate of drug-likeness (QED) is 0.406. The van der Waals surface area contributed by atoms with E-state index in [2.05, 4.69) is 14.9 Å². The Morgan fingerprint density at radius 1 is 1.05 bits per heavy atom. The Hall–Kier alpha value is -3.38. The maximum absolute atomic E-state index is 11.6. The van der Waals surface area contributed by atoms with Crippen LogP contribution in [0.1, 0.15) is 12.8 Å². The number of carboxylic acids is 1. The Balaban J connectivity index is 0.000000505. The van der Waals surface area contributed by atoms with Crippen molar-refractivity contribution in [2.75, 3.05) is 30.9 Å². The average molecular weight is 572 g/mol. The van der Waals surface area contributed by atoms with Gasteiger partial charge in [-0.1, -0.05) is 35.9 Å². The van der Waals surface area contributed by atoms with Crippen molar-refractivity contribution < 1.29 is 36.2 Å². The molecule has 0 bridgehead atoms. The molecule has 204 valence electrons. The molecule has 4 rings (SSSR count). The van der Waals surface area contributed by atoms with Crippen LogP contribution in [-0.4, -0.2) is 61.6 Å². The number of piperidine rings is 1. The molecule has 8 nitrogen and oxygen atoms in total. The number of halogens is 4. The molecule has 1 aliphatic heterocycles. The number of alkyl halides is 3. The molecule has 0 radical (unpaired) electrons. The van der Waals surface area contributed by atoms with E-state index < -0.39 is 22.0 Å². The zero-order chi connectivity index (χ0) is 27.9. The molecule has 3 aromatic rings. The molecule has 1 saturated heterocycles. The van der Waals surface area contributed by atoms with Gasteiger partial charge in [0.2, 0.25) is 0 Å². The zero-order valence-corrected chi connectivity index (χ0v) is 21.8. The van der Waals surface area contributed by atoms with Crippen LogP contribution in [0.4, 0.5) is 19.0 Å². The van der Waals surface area contributed by atoms with E-state index in [1.165, 1.54) is 12.6 Å².